The Morgan fingerprint density at radius 1 is 1.56 bits per heavy atom. The van der Waals surface area contributed by atoms with Crippen molar-refractivity contribution in [2.45, 2.75) is 31.6 Å². The van der Waals surface area contributed by atoms with Gasteiger partial charge in [0, 0.05) is 29.8 Å². The summed E-state index contributed by atoms with van der Waals surface area (Å²) in [6.07, 6.45) is 1.93. The number of aromatic nitrogens is 1. The number of nitrogens with one attached hydrogen (secondary N) is 1. The van der Waals surface area contributed by atoms with E-state index in [1.165, 1.54) is 6.26 Å². The lowest BCUT2D eigenvalue weighted by Crippen LogP contribution is -2.41. The summed E-state index contributed by atoms with van der Waals surface area (Å²) < 4.78 is 22.9. The third-order valence-electron chi connectivity index (χ3n) is 2.67. The van der Waals surface area contributed by atoms with E-state index in [1.807, 2.05) is 12.3 Å². The highest BCUT2D eigenvalue weighted by molar-refractivity contribution is 7.91. The largest absolute Gasteiger partial charge is 0.315 e. The molecule has 0 fully saturated rings. The number of thiazole rings is 1. The first-order valence-electron chi connectivity index (χ1n) is 5.11. The first-order valence-corrected chi connectivity index (χ1v) is 7.95. The fourth-order valence-electron chi connectivity index (χ4n) is 1.49. The van der Waals surface area contributed by atoms with Crippen LogP contribution in [0.15, 0.2) is 5.38 Å². The Morgan fingerprint density at radius 2 is 2.19 bits per heavy atom. The molecular formula is C10H18N2O2S2. The van der Waals surface area contributed by atoms with Gasteiger partial charge in [-0.2, -0.15) is 0 Å². The van der Waals surface area contributed by atoms with Gasteiger partial charge in [0.05, 0.1) is 10.3 Å². The number of rotatable bonds is 5. The first-order chi connectivity index (χ1) is 7.34. The van der Waals surface area contributed by atoms with Gasteiger partial charge < -0.3 is 5.32 Å². The summed E-state index contributed by atoms with van der Waals surface area (Å²) in [6.45, 7) is 3.67. The highest BCUT2D eigenvalue weighted by Crippen LogP contribution is 2.15. The minimum absolute atomic E-state index is 0.0828. The van der Waals surface area contributed by atoms with Crippen LogP contribution in [0.3, 0.4) is 0 Å². The van der Waals surface area contributed by atoms with E-state index in [1.54, 1.807) is 25.3 Å². The Labute approximate surface area is 101 Å². The molecule has 0 bridgehead atoms. The third-order valence-corrected chi connectivity index (χ3v) is 5.34. The van der Waals surface area contributed by atoms with E-state index in [9.17, 15) is 8.42 Å². The van der Waals surface area contributed by atoms with Crippen LogP contribution in [0.1, 0.15) is 17.6 Å². The normalized spacial score (nSPS) is 16.0. The second-order valence-corrected chi connectivity index (χ2v) is 7.36. The monoisotopic (exact) mass is 262 g/mol. The Bertz CT molecular complexity index is 439. The van der Waals surface area contributed by atoms with Gasteiger partial charge in [-0.05, 0) is 20.9 Å². The van der Waals surface area contributed by atoms with Crippen LogP contribution in [-0.2, 0) is 16.3 Å². The van der Waals surface area contributed by atoms with Crippen molar-refractivity contribution in [3.63, 3.8) is 0 Å². The van der Waals surface area contributed by atoms with E-state index in [0.29, 0.717) is 6.42 Å². The average molecular weight is 262 g/mol. The van der Waals surface area contributed by atoms with Crippen LogP contribution in [0.4, 0.5) is 0 Å². The lowest BCUT2D eigenvalue weighted by molar-refractivity contribution is 0.515. The van der Waals surface area contributed by atoms with Crippen molar-refractivity contribution in [3.05, 3.63) is 16.1 Å². The summed E-state index contributed by atoms with van der Waals surface area (Å²) in [5.41, 5.74) is 0.988. The molecule has 0 aliphatic rings. The topological polar surface area (TPSA) is 59.1 Å². The molecule has 0 saturated heterocycles. The summed E-state index contributed by atoms with van der Waals surface area (Å²) in [5.74, 6) is 0. The Kier molecular flexibility index (Phi) is 4.46. The van der Waals surface area contributed by atoms with Gasteiger partial charge in [-0.15, -0.1) is 11.3 Å². The van der Waals surface area contributed by atoms with Gasteiger partial charge in [-0.3, -0.25) is 0 Å². The Balaban J connectivity index is 2.77. The van der Waals surface area contributed by atoms with Crippen LogP contribution in [0.25, 0.3) is 0 Å². The van der Waals surface area contributed by atoms with Crippen molar-refractivity contribution in [2.24, 2.45) is 0 Å². The summed E-state index contributed by atoms with van der Waals surface area (Å²) in [5, 5.41) is 5.61. The molecule has 0 aromatic carbocycles. The SMILES string of the molecule is CNC(Cc1nc(C)cs1)C(C)S(C)(=O)=O. The Morgan fingerprint density at radius 3 is 2.56 bits per heavy atom. The fourth-order valence-corrected chi connectivity index (χ4v) is 3.15. The zero-order valence-corrected chi connectivity index (χ0v) is 11.7. The van der Waals surface area contributed by atoms with Crippen molar-refractivity contribution < 1.29 is 8.42 Å². The molecule has 1 rings (SSSR count). The highest BCUT2D eigenvalue weighted by Gasteiger charge is 2.25. The van der Waals surface area contributed by atoms with Crippen molar-refractivity contribution in [1.29, 1.82) is 0 Å². The predicted octanol–water partition coefficient (Wildman–Crippen LogP) is 1.02. The lowest BCUT2D eigenvalue weighted by atomic mass is 10.1. The van der Waals surface area contributed by atoms with Crippen molar-refractivity contribution in [3.8, 4) is 0 Å². The van der Waals surface area contributed by atoms with E-state index in [2.05, 4.69) is 10.3 Å². The minimum atomic E-state index is -3.01. The van der Waals surface area contributed by atoms with Crippen LogP contribution < -0.4 is 5.32 Å². The van der Waals surface area contributed by atoms with Gasteiger partial charge in [0.1, 0.15) is 0 Å². The lowest BCUT2D eigenvalue weighted by Gasteiger charge is -2.20. The molecule has 1 heterocycles. The minimum Gasteiger partial charge on any atom is -0.315 e. The third kappa shape index (κ3) is 3.54. The molecule has 2 unspecified atom stereocenters. The molecule has 0 amide bonds. The van der Waals surface area contributed by atoms with Crippen molar-refractivity contribution in [2.75, 3.05) is 13.3 Å². The van der Waals surface area contributed by atoms with Gasteiger partial charge in [0.15, 0.2) is 9.84 Å². The maximum absolute atomic E-state index is 11.5. The number of sulfone groups is 1. The summed E-state index contributed by atoms with van der Waals surface area (Å²) in [7, 11) is -1.23. The molecule has 0 spiro atoms. The van der Waals surface area contributed by atoms with E-state index in [0.717, 1.165) is 10.7 Å². The van der Waals surface area contributed by atoms with Gasteiger partial charge in [0.25, 0.3) is 0 Å². The van der Waals surface area contributed by atoms with Crippen LogP contribution in [0.5, 0.6) is 0 Å². The molecule has 2 atom stereocenters. The fraction of sp³-hybridized carbons (Fsp3) is 0.700. The van der Waals surface area contributed by atoms with Crippen molar-refractivity contribution >= 4 is 21.2 Å². The van der Waals surface area contributed by atoms with Crippen LogP contribution >= 0.6 is 11.3 Å². The maximum atomic E-state index is 11.5. The zero-order valence-electron chi connectivity index (χ0n) is 10.0. The van der Waals surface area contributed by atoms with Gasteiger partial charge in [-0.1, -0.05) is 0 Å². The molecule has 0 aliphatic carbocycles. The summed E-state index contributed by atoms with van der Waals surface area (Å²) in [4.78, 5) is 4.35. The predicted molar refractivity (Wildman–Crippen MR) is 67.7 cm³/mol. The number of hydrogen-bond donors (Lipinski definition) is 1. The second kappa shape index (κ2) is 5.25. The van der Waals surface area contributed by atoms with Gasteiger partial charge >= 0.3 is 0 Å². The molecule has 16 heavy (non-hydrogen) atoms. The number of aryl methyl sites for hydroxylation is 1. The molecule has 0 radical (unpaired) electrons. The van der Waals surface area contributed by atoms with Crippen LogP contribution in [0, 0.1) is 6.92 Å². The molecule has 0 aliphatic heterocycles. The molecule has 92 valence electrons. The number of nitrogens with zero attached hydrogens (tertiary/aromatic N) is 1. The summed E-state index contributed by atoms with van der Waals surface area (Å²) >= 11 is 1.58. The average Bonchev–Trinajstić information content (AvgIpc) is 2.58. The Hall–Kier alpha value is -0.460. The van der Waals surface area contributed by atoms with E-state index in [-0.39, 0.29) is 6.04 Å². The number of hydrogen-bond acceptors (Lipinski definition) is 5. The van der Waals surface area contributed by atoms with Gasteiger partial charge in [0.2, 0.25) is 0 Å². The van der Waals surface area contributed by atoms with Crippen LogP contribution in [0.2, 0.25) is 0 Å². The standard InChI is InChI=1S/C10H18N2O2S2/c1-7-6-15-10(12-7)5-9(11-3)8(2)16(4,13)14/h6,8-9,11H,5H2,1-4H3. The van der Waals surface area contributed by atoms with Crippen molar-refractivity contribution in [1.82, 2.24) is 10.3 Å². The highest BCUT2D eigenvalue weighted by atomic mass is 32.2. The zero-order chi connectivity index (χ0) is 12.3. The molecule has 0 saturated carbocycles. The van der Waals surface area contributed by atoms with Crippen LogP contribution in [-0.4, -0.2) is 38.0 Å². The van der Waals surface area contributed by atoms with E-state index in [4.69, 9.17) is 0 Å². The molecule has 1 aromatic rings. The summed E-state index contributed by atoms with van der Waals surface area (Å²) in [6, 6.07) is -0.0828. The second-order valence-electron chi connectivity index (χ2n) is 4.02. The smallest absolute Gasteiger partial charge is 0.151 e. The quantitative estimate of drug-likeness (QED) is 0.860. The van der Waals surface area contributed by atoms with Gasteiger partial charge in [-0.25, -0.2) is 13.4 Å². The first kappa shape index (κ1) is 13.6. The van der Waals surface area contributed by atoms with E-state index < -0.39 is 15.1 Å². The van der Waals surface area contributed by atoms with E-state index >= 15 is 0 Å². The molecule has 4 nitrogen and oxygen atoms in total. The number of likely N-dealkylation sites (N-methyl/N-ethyl adjacent to an activating group) is 1. The molecular weight excluding hydrogens is 244 g/mol. The molecule has 1 aromatic heterocycles. The maximum Gasteiger partial charge on any atom is 0.151 e. The molecule has 6 heteroatoms. The molecule has 1 N–H and O–H groups in total.